The standard InChI is InChI=1S/C16H18Cl2N4O2/c1-9(2)7-13(16(24)21-14-5-6-19-22-14)20-15(23)10-3-4-11(17)12(18)8-10/h3-6,8-9,13H,7H2,1-2H3,(H,20,23)(H2,19,21,22,24). The molecule has 1 aromatic carbocycles. The van der Waals surface area contributed by atoms with Crippen molar-refractivity contribution in [2.24, 2.45) is 5.92 Å². The highest BCUT2D eigenvalue weighted by molar-refractivity contribution is 6.42. The Morgan fingerprint density at radius 2 is 1.96 bits per heavy atom. The van der Waals surface area contributed by atoms with Crippen LogP contribution in [0.25, 0.3) is 0 Å². The summed E-state index contributed by atoms with van der Waals surface area (Å²) in [6.45, 7) is 3.95. The molecule has 0 bridgehead atoms. The molecule has 3 N–H and O–H groups in total. The summed E-state index contributed by atoms with van der Waals surface area (Å²) in [7, 11) is 0. The van der Waals surface area contributed by atoms with Gasteiger partial charge in [0.2, 0.25) is 5.91 Å². The number of amides is 2. The smallest absolute Gasteiger partial charge is 0.251 e. The first-order chi connectivity index (χ1) is 11.4. The molecular weight excluding hydrogens is 351 g/mol. The number of H-pyrrole nitrogens is 1. The number of halogens is 2. The molecule has 2 aromatic rings. The van der Waals surface area contributed by atoms with E-state index in [0.717, 1.165) is 0 Å². The number of aromatic nitrogens is 2. The van der Waals surface area contributed by atoms with Gasteiger partial charge in [-0.05, 0) is 30.5 Å². The van der Waals surface area contributed by atoms with Crippen LogP contribution in [0, 0.1) is 5.92 Å². The predicted molar refractivity (Wildman–Crippen MR) is 94.4 cm³/mol. The molecule has 0 aliphatic carbocycles. The van der Waals surface area contributed by atoms with Crippen LogP contribution in [0.1, 0.15) is 30.6 Å². The molecule has 2 rings (SSSR count). The van der Waals surface area contributed by atoms with Crippen LogP contribution in [-0.2, 0) is 4.79 Å². The summed E-state index contributed by atoms with van der Waals surface area (Å²) in [6.07, 6.45) is 2.02. The van der Waals surface area contributed by atoms with Gasteiger partial charge in [0.15, 0.2) is 0 Å². The van der Waals surface area contributed by atoms with Crippen molar-refractivity contribution in [3.63, 3.8) is 0 Å². The fourth-order valence-corrected chi connectivity index (χ4v) is 2.43. The van der Waals surface area contributed by atoms with E-state index in [1.807, 2.05) is 13.8 Å². The predicted octanol–water partition coefficient (Wildman–Crippen LogP) is 3.50. The minimum Gasteiger partial charge on any atom is -0.340 e. The van der Waals surface area contributed by atoms with Gasteiger partial charge in [0, 0.05) is 11.6 Å². The van der Waals surface area contributed by atoms with Crippen LogP contribution >= 0.6 is 23.2 Å². The number of nitrogens with zero attached hydrogens (tertiary/aromatic N) is 1. The van der Waals surface area contributed by atoms with Gasteiger partial charge in [-0.1, -0.05) is 37.0 Å². The lowest BCUT2D eigenvalue weighted by Crippen LogP contribution is -2.44. The van der Waals surface area contributed by atoms with E-state index in [9.17, 15) is 9.59 Å². The molecule has 1 aromatic heterocycles. The van der Waals surface area contributed by atoms with Crippen molar-refractivity contribution < 1.29 is 9.59 Å². The first-order valence-corrected chi connectivity index (χ1v) is 8.18. The van der Waals surface area contributed by atoms with Crippen LogP contribution in [0.2, 0.25) is 10.0 Å². The van der Waals surface area contributed by atoms with Crippen molar-refractivity contribution in [2.45, 2.75) is 26.3 Å². The quantitative estimate of drug-likeness (QED) is 0.728. The fraction of sp³-hybridized carbons (Fsp3) is 0.312. The Hall–Kier alpha value is -2.05. The molecule has 8 heteroatoms. The molecule has 2 amide bonds. The van der Waals surface area contributed by atoms with Crippen molar-refractivity contribution in [1.29, 1.82) is 0 Å². The summed E-state index contributed by atoms with van der Waals surface area (Å²) >= 11 is 11.8. The molecule has 0 aliphatic heterocycles. The van der Waals surface area contributed by atoms with Gasteiger partial charge >= 0.3 is 0 Å². The second-order valence-corrected chi connectivity index (χ2v) is 6.56. The zero-order valence-electron chi connectivity index (χ0n) is 13.3. The van der Waals surface area contributed by atoms with Gasteiger partial charge in [0.05, 0.1) is 16.2 Å². The van der Waals surface area contributed by atoms with Crippen LogP contribution in [0.4, 0.5) is 5.82 Å². The lowest BCUT2D eigenvalue weighted by atomic mass is 10.0. The molecule has 0 fully saturated rings. The van der Waals surface area contributed by atoms with Gasteiger partial charge in [0.1, 0.15) is 11.9 Å². The summed E-state index contributed by atoms with van der Waals surface area (Å²) in [5, 5.41) is 12.5. The molecule has 0 aliphatic rings. The SMILES string of the molecule is CC(C)CC(NC(=O)c1ccc(Cl)c(Cl)c1)C(=O)Nc1ccn[nH]1. The summed E-state index contributed by atoms with van der Waals surface area (Å²) in [5.74, 6) is -0.0190. The van der Waals surface area contributed by atoms with E-state index in [0.29, 0.717) is 22.8 Å². The largest absolute Gasteiger partial charge is 0.340 e. The van der Waals surface area contributed by atoms with E-state index >= 15 is 0 Å². The van der Waals surface area contributed by atoms with Crippen LogP contribution in [0.15, 0.2) is 30.5 Å². The van der Waals surface area contributed by atoms with Crippen LogP contribution in [0.3, 0.4) is 0 Å². The van der Waals surface area contributed by atoms with E-state index in [-0.39, 0.29) is 22.8 Å². The summed E-state index contributed by atoms with van der Waals surface area (Å²) in [6, 6.07) is 5.52. The van der Waals surface area contributed by atoms with E-state index in [1.54, 1.807) is 18.2 Å². The maximum atomic E-state index is 12.4. The Morgan fingerprint density at radius 1 is 1.21 bits per heavy atom. The second kappa shape index (κ2) is 8.17. The zero-order valence-corrected chi connectivity index (χ0v) is 14.8. The Bertz CT molecular complexity index is 717. The number of rotatable bonds is 6. The third kappa shape index (κ3) is 4.97. The van der Waals surface area contributed by atoms with Gasteiger partial charge < -0.3 is 10.6 Å². The number of carbonyl (C=O) groups excluding carboxylic acids is 2. The maximum Gasteiger partial charge on any atom is 0.251 e. The third-order valence-corrected chi connectivity index (χ3v) is 4.01. The average molecular weight is 369 g/mol. The highest BCUT2D eigenvalue weighted by Crippen LogP contribution is 2.22. The van der Waals surface area contributed by atoms with Crippen molar-refractivity contribution >= 4 is 40.8 Å². The van der Waals surface area contributed by atoms with Crippen LogP contribution < -0.4 is 10.6 Å². The Kier molecular flexibility index (Phi) is 6.23. The highest BCUT2D eigenvalue weighted by Gasteiger charge is 2.23. The van der Waals surface area contributed by atoms with Gasteiger partial charge in [-0.2, -0.15) is 5.10 Å². The van der Waals surface area contributed by atoms with E-state index in [1.165, 1.54) is 12.3 Å². The number of carbonyl (C=O) groups is 2. The second-order valence-electron chi connectivity index (χ2n) is 5.74. The van der Waals surface area contributed by atoms with Crippen LogP contribution in [-0.4, -0.2) is 28.1 Å². The topological polar surface area (TPSA) is 86.9 Å². The number of anilines is 1. The Balaban J connectivity index is 2.10. The van der Waals surface area contributed by atoms with Crippen molar-refractivity contribution in [3.8, 4) is 0 Å². The molecule has 24 heavy (non-hydrogen) atoms. The molecule has 0 saturated carbocycles. The van der Waals surface area contributed by atoms with Gasteiger partial charge in [-0.25, -0.2) is 0 Å². The number of hydrogen-bond donors (Lipinski definition) is 3. The molecule has 128 valence electrons. The molecule has 6 nitrogen and oxygen atoms in total. The monoisotopic (exact) mass is 368 g/mol. The molecule has 0 saturated heterocycles. The average Bonchev–Trinajstić information content (AvgIpc) is 3.01. The highest BCUT2D eigenvalue weighted by atomic mass is 35.5. The normalized spacial score (nSPS) is 12.0. The Labute approximate surface area is 149 Å². The number of aromatic amines is 1. The number of hydrogen-bond acceptors (Lipinski definition) is 3. The minimum atomic E-state index is -0.685. The van der Waals surface area contributed by atoms with E-state index < -0.39 is 6.04 Å². The van der Waals surface area contributed by atoms with Crippen molar-refractivity contribution in [2.75, 3.05) is 5.32 Å². The third-order valence-electron chi connectivity index (χ3n) is 3.27. The lowest BCUT2D eigenvalue weighted by Gasteiger charge is -2.20. The lowest BCUT2D eigenvalue weighted by molar-refractivity contribution is -0.118. The fourth-order valence-electron chi connectivity index (χ4n) is 2.13. The van der Waals surface area contributed by atoms with E-state index in [2.05, 4.69) is 20.8 Å². The molecule has 0 spiro atoms. The first-order valence-electron chi connectivity index (χ1n) is 7.43. The van der Waals surface area contributed by atoms with E-state index in [4.69, 9.17) is 23.2 Å². The van der Waals surface area contributed by atoms with Gasteiger partial charge in [0.25, 0.3) is 5.91 Å². The molecular formula is C16H18Cl2N4O2. The zero-order chi connectivity index (χ0) is 17.7. The number of benzene rings is 1. The molecule has 1 heterocycles. The Morgan fingerprint density at radius 3 is 2.54 bits per heavy atom. The van der Waals surface area contributed by atoms with Gasteiger partial charge in [-0.15, -0.1) is 0 Å². The summed E-state index contributed by atoms with van der Waals surface area (Å²) < 4.78 is 0. The van der Waals surface area contributed by atoms with Gasteiger partial charge in [-0.3, -0.25) is 14.7 Å². The maximum absolute atomic E-state index is 12.4. The molecule has 0 radical (unpaired) electrons. The first kappa shape index (κ1) is 18.3. The number of nitrogens with one attached hydrogen (secondary N) is 3. The molecule has 1 unspecified atom stereocenters. The minimum absolute atomic E-state index is 0.219. The van der Waals surface area contributed by atoms with Crippen molar-refractivity contribution in [1.82, 2.24) is 15.5 Å². The van der Waals surface area contributed by atoms with Crippen LogP contribution in [0.5, 0.6) is 0 Å². The summed E-state index contributed by atoms with van der Waals surface area (Å²) in [4.78, 5) is 24.8. The van der Waals surface area contributed by atoms with Crippen molar-refractivity contribution in [3.05, 3.63) is 46.1 Å². The molecule has 1 atom stereocenters. The summed E-state index contributed by atoms with van der Waals surface area (Å²) in [5.41, 5.74) is 0.340.